The van der Waals surface area contributed by atoms with Crippen LogP contribution in [0.15, 0.2) is 60.7 Å². The van der Waals surface area contributed by atoms with Crippen LogP contribution in [0.2, 0.25) is 0 Å². The van der Waals surface area contributed by atoms with Gasteiger partial charge in [-0.2, -0.15) is 0 Å². The molecular weight excluding hydrogens is 512 g/mol. The molecule has 0 saturated heterocycles. The fourth-order valence-electron chi connectivity index (χ4n) is 3.84. The highest BCUT2D eigenvalue weighted by Crippen LogP contribution is 2.08. The highest BCUT2D eigenvalue weighted by atomic mass is 16.6. The van der Waals surface area contributed by atoms with Crippen molar-refractivity contribution in [2.24, 2.45) is 11.8 Å². The number of hydrogen-bond acceptors (Lipinski definition) is 6. The summed E-state index contributed by atoms with van der Waals surface area (Å²) in [5, 5.41) is 10.8. The molecule has 0 bridgehead atoms. The summed E-state index contributed by atoms with van der Waals surface area (Å²) in [6.45, 7) is 8.28. The Labute approximate surface area is 236 Å². The lowest BCUT2D eigenvalue weighted by Crippen LogP contribution is -2.51. The standard InChI is InChI=1S/C30H42N4O6/c1-21(2)17-25(33-29(37)39-19-23-11-7-5-8-12-23)27(35)31-15-16-32-28(36)26(18-22(3)4)34-30(38)40-20-24-13-9-6-10-14-24/h5-14,21-22,25-26H,15-20H2,1-4H3,(H,31,35)(H,32,36)(H,33,37)(H,34,38)/t25-,26-/m1/s1. The van der Waals surface area contributed by atoms with E-state index in [2.05, 4.69) is 21.3 Å². The fourth-order valence-corrected chi connectivity index (χ4v) is 3.84. The number of ether oxygens (including phenoxy) is 2. The van der Waals surface area contributed by atoms with Crippen LogP contribution in [0.3, 0.4) is 0 Å². The lowest BCUT2D eigenvalue weighted by atomic mass is 10.0. The Bertz CT molecular complexity index is 977. The maximum absolute atomic E-state index is 12.8. The third-order valence-corrected chi connectivity index (χ3v) is 5.78. The molecule has 0 aliphatic rings. The van der Waals surface area contributed by atoms with Crippen LogP contribution in [0.1, 0.15) is 51.7 Å². The van der Waals surface area contributed by atoms with Gasteiger partial charge in [-0.05, 0) is 35.8 Å². The van der Waals surface area contributed by atoms with Gasteiger partial charge in [-0.15, -0.1) is 0 Å². The monoisotopic (exact) mass is 554 g/mol. The Balaban J connectivity index is 1.79. The molecular formula is C30H42N4O6. The zero-order valence-electron chi connectivity index (χ0n) is 23.8. The summed E-state index contributed by atoms with van der Waals surface area (Å²) in [6, 6.07) is 16.9. The summed E-state index contributed by atoms with van der Waals surface area (Å²) >= 11 is 0. The Kier molecular flexibility index (Phi) is 14.1. The molecule has 2 aromatic carbocycles. The van der Waals surface area contributed by atoms with Gasteiger partial charge >= 0.3 is 12.2 Å². The molecule has 0 heterocycles. The summed E-state index contributed by atoms with van der Waals surface area (Å²) in [5.41, 5.74) is 1.68. The Morgan fingerprint density at radius 3 is 1.27 bits per heavy atom. The van der Waals surface area contributed by atoms with Crippen LogP contribution < -0.4 is 21.3 Å². The first kappa shape index (κ1) is 32.1. The smallest absolute Gasteiger partial charge is 0.408 e. The predicted molar refractivity (Wildman–Crippen MR) is 152 cm³/mol. The molecule has 218 valence electrons. The van der Waals surface area contributed by atoms with E-state index in [1.807, 2.05) is 88.4 Å². The zero-order chi connectivity index (χ0) is 29.3. The fraction of sp³-hybridized carbons (Fsp3) is 0.467. The highest BCUT2D eigenvalue weighted by molar-refractivity contribution is 5.86. The summed E-state index contributed by atoms with van der Waals surface area (Å²) in [6.07, 6.45) is -0.520. The van der Waals surface area contributed by atoms with Crippen molar-refractivity contribution in [3.63, 3.8) is 0 Å². The number of nitrogens with one attached hydrogen (secondary N) is 4. The van der Waals surface area contributed by atoms with Crippen molar-refractivity contribution in [3.8, 4) is 0 Å². The molecule has 4 N–H and O–H groups in total. The first-order valence-electron chi connectivity index (χ1n) is 13.6. The van der Waals surface area contributed by atoms with Crippen LogP contribution >= 0.6 is 0 Å². The topological polar surface area (TPSA) is 135 Å². The van der Waals surface area contributed by atoms with Crippen molar-refractivity contribution in [3.05, 3.63) is 71.8 Å². The van der Waals surface area contributed by atoms with E-state index in [1.54, 1.807) is 0 Å². The van der Waals surface area contributed by atoms with Gasteiger partial charge in [0.2, 0.25) is 11.8 Å². The maximum atomic E-state index is 12.8. The number of amides is 4. The van der Waals surface area contributed by atoms with E-state index < -0.39 is 24.3 Å². The van der Waals surface area contributed by atoms with E-state index in [4.69, 9.17) is 9.47 Å². The molecule has 2 atom stereocenters. The molecule has 2 aromatic rings. The van der Waals surface area contributed by atoms with E-state index in [0.717, 1.165) is 11.1 Å². The normalized spacial score (nSPS) is 12.2. The van der Waals surface area contributed by atoms with Gasteiger partial charge in [0.05, 0.1) is 0 Å². The molecule has 2 rings (SSSR count). The van der Waals surface area contributed by atoms with E-state index >= 15 is 0 Å². The van der Waals surface area contributed by atoms with Crippen molar-refractivity contribution < 1.29 is 28.7 Å². The van der Waals surface area contributed by atoms with Crippen LogP contribution in [0.25, 0.3) is 0 Å². The molecule has 40 heavy (non-hydrogen) atoms. The van der Waals surface area contributed by atoms with Gasteiger partial charge < -0.3 is 30.7 Å². The van der Waals surface area contributed by atoms with Gasteiger partial charge in [0.1, 0.15) is 25.3 Å². The van der Waals surface area contributed by atoms with Gasteiger partial charge in [-0.25, -0.2) is 9.59 Å². The summed E-state index contributed by atoms with van der Waals surface area (Å²) in [5.74, 6) is -0.453. The number of rotatable bonds is 15. The molecule has 0 unspecified atom stereocenters. The molecule has 0 aliphatic heterocycles. The average Bonchev–Trinajstić information content (AvgIpc) is 2.92. The number of carbonyl (C=O) groups excluding carboxylic acids is 4. The summed E-state index contributed by atoms with van der Waals surface area (Å²) < 4.78 is 10.5. The molecule has 0 spiro atoms. The molecule has 0 fully saturated rings. The Hall–Kier alpha value is -4.08. The second-order valence-corrected chi connectivity index (χ2v) is 10.4. The van der Waals surface area contributed by atoms with Crippen LogP contribution in [0, 0.1) is 11.8 Å². The Morgan fingerprint density at radius 1 is 0.600 bits per heavy atom. The number of benzene rings is 2. The van der Waals surface area contributed by atoms with E-state index in [1.165, 1.54) is 0 Å². The van der Waals surface area contributed by atoms with Crippen LogP contribution in [-0.4, -0.2) is 49.2 Å². The van der Waals surface area contributed by atoms with Crippen LogP contribution in [0.4, 0.5) is 9.59 Å². The molecule has 0 radical (unpaired) electrons. The van der Waals surface area contributed by atoms with Crippen LogP contribution in [-0.2, 0) is 32.3 Å². The van der Waals surface area contributed by atoms with Crippen molar-refractivity contribution in [1.29, 1.82) is 0 Å². The second kappa shape index (κ2) is 17.5. The third kappa shape index (κ3) is 13.1. The largest absolute Gasteiger partial charge is 0.445 e. The van der Waals surface area contributed by atoms with Gasteiger partial charge in [0.25, 0.3) is 0 Å². The lowest BCUT2D eigenvalue weighted by molar-refractivity contribution is -0.125. The summed E-state index contributed by atoms with van der Waals surface area (Å²) in [4.78, 5) is 50.1. The number of hydrogen-bond donors (Lipinski definition) is 4. The van der Waals surface area contributed by atoms with E-state index in [0.29, 0.717) is 12.8 Å². The minimum Gasteiger partial charge on any atom is -0.445 e. The molecule has 4 amide bonds. The first-order chi connectivity index (χ1) is 19.1. The maximum Gasteiger partial charge on any atom is 0.408 e. The van der Waals surface area contributed by atoms with Gasteiger partial charge in [-0.1, -0.05) is 88.4 Å². The molecule has 0 aliphatic carbocycles. The van der Waals surface area contributed by atoms with E-state index in [-0.39, 0.29) is 50.0 Å². The minimum atomic E-state index is -0.784. The zero-order valence-corrected chi connectivity index (χ0v) is 23.8. The van der Waals surface area contributed by atoms with Crippen LogP contribution in [0.5, 0.6) is 0 Å². The minimum absolute atomic E-state index is 0.0973. The SMILES string of the molecule is CC(C)C[C@@H](NC(=O)OCc1ccccc1)C(=O)NCCNC(=O)[C@@H](CC(C)C)NC(=O)OCc1ccccc1. The third-order valence-electron chi connectivity index (χ3n) is 5.78. The number of alkyl carbamates (subject to hydrolysis) is 2. The quantitative estimate of drug-likeness (QED) is 0.247. The lowest BCUT2D eigenvalue weighted by Gasteiger charge is -2.21. The van der Waals surface area contributed by atoms with Crippen molar-refractivity contribution in [2.75, 3.05) is 13.1 Å². The molecule has 0 saturated carbocycles. The molecule has 0 aromatic heterocycles. The van der Waals surface area contributed by atoms with Gasteiger partial charge in [-0.3, -0.25) is 9.59 Å². The predicted octanol–water partition coefficient (Wildman–Crippen LogP) is 3.90. The first-order valence-corrected chi connectivity index (χ1v) is 13.6. The average molecular weight is 555 g/mol. The van der Waals surface area contributed by atoms with Gasteiger partial charge in [0.15, 0.2) is 0 Å². The molecule has 10 heteroatoms. The number of carbonyl (C=O) groups is 4. The van der Waals surface area contributed by atoms with Crippen molar-refractivity contribution in [2.45, 2.75) is 65.8 Å². The van der Waals surface area contributed by atoms with Crippen molar-refractivity contribution in [1.82, 2.24) is 21.3 Å². The second-order valence-electron chi connectivity index (χ2n) is 10.4. The summed E-state index contributed by atoms with van der Waals surface area (Å²) in [7, 11) is 0. The molecule has 10 nitrogen and oxygen atoms in total. The Morgan fingerprint density at radius 2 is 0.950 bits per heavy atom. The highest BCUT2D eigenvalue weighted by Gasteiger charge is 2.24. The van der Waals surface area contributed by atoms with E-state index in [9.17, 15) is 19.2 Å². The van der Waals surface area contributed by atoms with Crippen molar-refractivity contribution >= 4 is 24.0 Å². The van der Waals surface area contributed by atoms with Gasteiger partial charge in [0, 0.05) is 13.1 Å².